The van der Waals surface area contributed by atoms with Gasteiger partial charge in [0.05, 0.1) is 6.54 Å². The first-order chi connectivity index (χ1) is 10.9. The Morgan fingerprint density at radius 3 is 2.61 bits per heavy atom. The molecule has 2 N–H and O–H groups in total. The molecule has 1 aliphatic heterocycles. The van der Waals surface area contributed by atoms with Crippen LogP contribution in [0.15, 0.2) is 24.3 Å². The van der Waals surface area contributed by atoms with Crippen LogP contribution in [0.1, 0.15) is 51.3 Å². The second-order valence-electron chi connectivity index (χ2n) is 7.07. The lowest BCUT2D eigenvalue weighted by Gasteiger charge is -2.37. The normalized spacial score (nSPS) is 19.6. The number of carbonyl (C=O) groups is 1. The Labute approximate surface area is 140 Å². The van der Waals surface area contributed by atoms with E-state index in [4.69, 9.17) is 0 Å². The fourth-order valence-electron chi connectivity index (χ4n) is 2.93. The number of piperazine rings is 1. The van der Waals surface area contributed by atoms with Gasteiger partial charge in [-0.3, -0.25) is 9.69 Å². The predicted octanol–water partition coefficient (Wildman–Crippen LogP) is 2.50. The molecule has 2 rings (SSSR count). The Kier molecular flexibility index (Phi) is 6.19. The van der Waals surface area contributed by atoms with Crippen LogP contribution >= 0.6 is 0 Å². The van der Waals surface area contributed by atoms with Crippen LogP contribution in [0.5, 0.6) is 0 Å². The predicted molar refractivity (Wildman–Crippen MR) is 95.5 cm³/mol. The van der Waals surface area contributed by atoms with Crippen LogP contribution in [0.2, 0.25) is 0 Å². The Hall–Kier alpha value is -1.39. The molecule has 4 nitrogen and oxygen atoms in total. The van der Waals surface area contributed by atoms with Crippen LogP contribution in [0.25, 0.3) is 0 Å². The van der Waals surface area contributed by atoms with Crippen LogP contribution in [-0.2, 0) is 11.2 Å². The first-order valence-electron chi connectivity index (χ1n) is 8.80. The van der Waals surface area contributed by atoms with Crippen molar-refractivity contribution in [3.05, 3.63) is 35.4 Å². The molecule has 1 heterocycles. The van der Waals surface area contributed by atoms with Crippen LogP contribution in [0.4, 0.5) is 0 Å². The lowest BCUT2D eigenvalue weighted by Crippen LogP contribution is -2.52. The minimum Gasteiger partial charge on any atom is -0.350 e. The van der Waals surface area contributed by atoms with Gasteiger partial charge in [0.2, 0.25) is 5.91 Å². The number of carbonyl (C=O) groups excluding carboxylic acids is 1. The van der Waals surface area contributed by atoms with Crippen LogP contribution in [0, 0.1) is 0 Å². The molecule has 1 aromatic rings. The van der Waals surface area contributed by atoms with Gasteiger partial charge < -0.3 is 10.6 Å². The average molecular weight is 317 g/mol. The average Bonchev–Trinajstić information content (AvgIpc) is 2.55. The van der Waals surface area contributed by atoms with Gasteiger partial charge in [0.25, 0.3) is 0 Å². The zero-order chi connectivity index (χ0) is 16.9. The second-order valence-corrected chi connectivity index (χ2v) is 7.07. The fourth-order valence-corrected chi connectivity index (χ4v) is 2.93. The van der Waals surface area contributed by atoms with Gasteiger partial charge in [-0.15, -0.1) is 0 Å². The molecule has 4 heteroatoms. The summed E-state index contributed by atoms with van der Waals surface area (Å²) in [5.41, 5.74) is 2.51. The third kappa shape index (κ3) is 5.05. The summed E-state index contributed by atoms with van der Waals surface area (Å²) in [5.74, 6) is 0.119. The Morgan fingerprint density at radius 2 is 2.00 bits per heavy atom. The van der Waals surface area contributed by atoms with Crippen molar-refractivity contribution in [1.82, 2.24) is 15.5 Å². The van der Waals surface area contributed by atoms with Gasteiger partial charge in [0, 0.05) is 31.2 Å². The number of aryl methyl sites for hydroxylation is 1. The van der Waals surface area contributed by atoms with Crippen molar-refractivity contribution in [2.45, 2.75) is 52.1 Å². The summed E-state index contributed by atoms with van der Waals surface area (Å²) < 4.78 is 0. The van der Waals surface area contributed by atoms with Crippen molar-refractivity contribution < 1.29 is 4.79 Å². The Morgan fingerprint density at radius 1 is 1.30 bits per heavy atom. The van der Waals surface area contributed by atoms with Crippen molar-refractivity contribution in [1.29, 1.82) is 0 Å². The number of amides is 1. The van der Waals surface area contributed by atoms with Gasteiger partial charge >= 0.3 is 0 Å². The maximum absolute atomic E-state index is 12.4. The minimum atomic E-state index is -0.136. The van der Waals surface area contributed by atoms with Crippen molar-refractivity contribution in [2.24, 2.45) is 0 Å². The molecule has 23 heavy (non-hydrogen) atoms. The van der Waals surface area contributed by atoms with E-state index in [1.807, 2.05) is 0 Å². The van der Waals surface area contributed by atoms with E-state index in [2.05, 4.69) is 67.5 Å². The number of hydrogen-bond donors (Lipinski definition) is 2. The van der Waals surface area contributed by atoms with E-state index in [0.29, 0.717) is 6.54 Å². The summed E-state index contributed by atoms with van der Waals surface area (Å²) in [6.45, 7) is 11.6. The molecule has 0 aliphatic carbocycles. The molecule has 0 aromatic heterocycles. The van der Waals surface area contributed by atoms with E-state index < -0.39 is 0 Å². The molecule has 0 spiro atoms. The van der Waals surface area contributed by atoms with Crippen LogP contribution in [0.3, 0.4) is 0 Å². The topological polar surface area (TPSA) is 44.4 Å². The monoisotopic (exact) mass is 317 g/mol. The fraction of sp³-hybridized carbons (Fsp3) is 0.632. The first-order valence-corrected chi connectivity index (χ1v) is 8.80. The molecule has 1 atom stereocenters. The number of hydrogen-bond acceptors (Lipinski definition) is 3. The molecule has 1 amide bonds. The van der Waals surface area contributed by atoms with Crippen LogP contribution in [-0.4, -0.2) is 42.5 Å². The van der Waals surface area contributed by atoms with Crippen molar-refractivity contribution in [3.63, 3.8) is 0 Å². The molecular formula is C19H31N3O. The molecule has 1 aromatic carbocycles. The molecule has 1 saturated heterocycles. The number of rotatable bonds is 6. The molecule has 128 valence electrons. The second kappa shape index (κ2) is 7.93. The quantitative estimate of drug-likeness (QED) is 0.847. The van der Waals surface area contributed by atoms with Crippen LogP contribution < -0.4 is 10.6 Å². The molecule has 1 aliphatic rings. The molecule has 0 radical (unpaired) electrons. The zero-order valence-corrected chi connectivity index (χ0v) is 15.0. The summed E-state index contributed by atoms with van der Waals surface area (Å²) >= 11 is 0. The molecule has 0 saturated carbocycles. The highest BCUT2D eigenvalue weighted by atomic mass is 16.2. The van der Waals surface area contributed by atoms with E-state index in [1.165, 1.54) is 11.1 Å². The first kappa shape index (κ1) is 18.0. The highest BCUT2D eigenvalue weighted by Crippen LogP contribution is 2.22. The van der Waals surface area contributed by atoms with E-state index in [-0.39, 0.29) is 17.5 Å². The van der Waals surface area contributed by atoms with Gasteiger partial charge in [0.1, 0.15) is 0 Å². The highest BCUT2D eigenvalue weighted by molar-refractivity contribution is 5.78. The number of benzene rings is 1. The van der Waals surface area contributed by atoms with Crippen molar-refractivity contribution in [2.75, 3.05) is 26.2 Å². The summed E-state index contributed by atoms with van der Waals surface area (Å²) in [6, 6.07) is 9.07. The Balaban J connectivity index is 2.04. The van der Waals surface area contributed by atoms with Gasteiger partial charge in [-0.05, 0) is 37.8 Å². The van der Waals surface area contributed by atoms with Gasteiger partial charge in [-0.2, -0.15) is 0 Å². The van der Waals surface area contributed by atoms with Gasteiger partial charge in [0.15, 0.2) is 0 Å². The maximum Gasteiger partial charge on any atom is 0.234 e. The minimum absolute atomic E-state index is 0.119. The third-order valence-electron chi connectivity index (χ3n) is 4.84. The lowest BCUT2D eigenvalue weighted by atomic mass is 10.00. The van der Waals surface area contributed by atoms with E-state index in [0.717, 1.165) is 32.5 Å². The molecule has 0 bridgehead atoms. The Bertz CT molecular complexity index is 510. The third-order valence-corrected chi connectivity index (χ3v) is 4.84. The molecule has 1 unspecified atom stereocenters. The van der Waals surface area contributed by atoms with Crippen molar-refractivity contribution >= 4 is 5.91 Å². The molecular weight excluding hydrogens is 286 g/mol. The van der Waals surface area contributed by atoms with E-state index >= 15 is 0 Å². The number of nitrogens with one attached hydrogen (secondary N) is 2. The summed E-state index contributed by atoms with van der Waals surface area (Å²) in [5, 5.41) is 6.59. The zero-order valence-electron chi connectivity index (χ0n) is 15.0. The van der Waals surface area contributed by atoms with E-state index in [9.17, 15) is 4.79 Å². The standard InChI is InChI=1S/C19H31N3O/c1-5-15-7-9-16(10-8-15)17-13-20-11-12-22(17)14-18(23)21-19(3,4)6-2/h7-10,17,20H,5-6,11-14H2,1-4H3,(H,21,23). The van der Waals surface area contributed by atoms with Crippen molar-refractivity contribution in [3.8, 4) is 0 Å². The SMILES string of the molecule is CCc1ccc(C2CNCCN2CC(=O)NC(C)(C)CC)cc1. The van der Waals surface area contributed by atoms with Gasteiger partial charge in [-0.25, -0.2) is 0 Å². The summed E-state index contributed by atoms with van der Waals surface area (Å²) in [6.07, 6.45) is 1.99. The number of nitrogens with zero attached hydrogens (tertiary/aromatic N) is 1. The summed E-state index contributed by atoms with van der Waals surface area (Å²) in [4.78, 5) is 14.7. The molecule has 1 fully saturated rings. The maximum atomic E-state index is 12.4. The lowest BCUT2D eigenvalue weighted by molar-refractivity contribution is -0.124. The van der Waals surface area contributed by atoms with E-state index in [1.54, 1.807) is 0 Å². The largest absolute Gasteiger partial charge is 0.350 e. The highest BCUT2D eigenvalue weighted by Gasteiger charge is 2.27. The smallest absolute Gasteiger partial charge is 0.234 e. The summed E-state index contributed by atoms with van der Waals surface area (Å²) in [7, 11) is 0. The van der Waals surface area contributed by atoms with Gasteiger partial charge in [-0.1, -0.05) is 38.1 Å².